The number of fused-ring (bicyclic) bond motifs is 1. The van der Waals surface area contributed by atoms with Crippen molar-refractivity contribution in [1.29, 1.82) is 0 Å². The fraction of sp³-hybridized carbons (Fsp3) is 0.125. The molecule has 0 unspecified atom stereocenters. The van der Waals surface area contributed by atoms with Crippen molar-refractivity contribution in [1.82, 2.24) is 15.3 Å². The minimum absolute atomic E-state index is 0.0570. The molecule has 3 aromatic carbocycles. The number of carbonyl (C=O) groups is 2. The van der Waals surface area contributed by atoms with Crippen LogP contribution in [-0.2, 0) is 11.3 Å². The summed E-state index contributed by atoms with van der Waals surface area (Å²) in [6.07, 6.45) is -5.08. The Kier molecular flexibility index (Phi) is 8.61. The van der Waals surface area contributed by atoms with Gasteiger partial charge in [-0.15, -0.1) is 0 Å². The summed E-state index contributed by atoms with van der Waals surface area (Å²) in [6.45, 7) is 1.60. The second kappa shape index (κ2) is 11.5. The van der Waals surface area contributed by atoms with E-state index in [2.05, 4.69) is 15.3 Å². The molecule has 0 saturated carbocycles. The number of nitrogens with zero attached hydrogens (tertiary/aromatic N) is 1. The zero-order valence-corrected chi connectivity index (χ0v) is 20.3. The maximum absolute atomic E-state index is 15.1. The van der Waals surface area contributed by atoms with Crippen molar-refractivity contribution in [3.8, 4) is 11.5 Å². The number of amides is 1. The number of benzene rings is 3. The number of rotatable bonds is 5. The fourth-order valence-corrected chi connectivity index (χ4v) is 3.52. The van der Waals surface area contributed by atoms with Crippen molar-refractivity contribution in [2.75, 3.05) is 0 Å². The predicted molar refractivity (Wildman–Crippen MR) is 129 cm³/mol. The van der Waals surface area contributed by atoms with E-state index < -0.39 is 23.9 Å². The number of hydrogen-bond donors (Lipinski definition) is 3. The molecule has 37 heavy (non-hydrogen) atoms. The number of alkyl halides is 3. The zero-order valence-electron chi connectivity index (χ0n) is 18.8. The summed E-state index contributed by atoms with van der Waals surface area (Å²) in [5.41, 5.74) is 0.339. The van der Waals surface area contributed by atoms with Gasteiger partial charge in [-0.3, -0.25) is 4.79 Å². The predicted octanol–water partition coefficient (Wildman–Crippen LogP) is 6.67. The lowest BCUT2D eigenvalue weighted by molar-refractivity contribution is -0.192. The molecule has 0 saturated heterocycles. The highest BCUT2D eigenvalue weighted by Crippen LogP contribution is 2.36. The van der Waals surface area contributed by atoms with Crippen LogP contribution in [0.5, 0.6) is 11.5 Å². The lowest BCUT2D eigenvalue weighted by Gasteiger charge is -2.14. The van der Waals surface area contributed by atoms with Gasteiger partial charge in [-0.05, 0) is 24.4 Å². The van der Waals surface area contributed by atoms with Crippen molar-refractivity contribution in [2.24, 2.45) is 0 Å². The number of nitrogens with one attached hydrogen (secondary N) is 2. The third kappa shape index (κ3) is 6.89. The van der Waals surface area contributed by atoms with E-state index in [4.69, 9.17) is 37.8 Å². The zero-order chi connectivity index (χ0) is 27.3. The van der Waals surface area contributed by atoms with Gasteiger partial charge in [-0.1, -0.05) is 65.7 Å². The molecule has 7 nitrogen and oxygen atoms in total. The van der Waals surface area contributed by atoms with Crippen molar-refractivity contribution in [3.05, 3.63) is 87.7 Å². The van der Waals surface area contributed by atoms with Gasteiger partial charge < -0.3 is 20.1 Å². The number of ether oxygens (including phenoxy) is 1. The molecule has 3 N–H and O–H groups in total. The van der Waals surface area contributed by atoms with E-state index in [1.165, 1.54) is 12.1 Å². The van der Waals surface area contributed by atoms with Crippen LogP contribution in [0.2, 0.25) is 10.2 Å². The van der Waals surface area contributed by atoms with Gasteiger partial charge in [0, 0.05) is 17.5 Å². The van der Waals surface area contributed by atoms with Crippen LogP contribution in [0.25, 0.3) is 10.8 Å². The van der Waals surface area contributed by atoms with Crippen LogP contribution >= 0.6 is 23.2 Å². The van der Waals surface area contributed by atoms with Crippen LogP contribution in [0.4, 0.5) is 17.6 Å². The Morgan fingerprint density at radius 3 is 2.35 bits per heavy atom. The molecule has 4 rings (SSSR count). The van der Waals surface area contributed by atoms with Gasteiger partial charge in [0.1, 0.15) is 17.3 Å². The fourth-order valence-electron chi connectivity index (χ4n) is 3.08. The first-order valence-electron chi connectivity index (χ1n) is 10.3. The molecule has 1 aromatic heterocycles. The summed E-state index contributed by atoms with van der Waals surface area (Å²) in [6, 6.07) is 16.1. The SMILES string of the molecule is Cc1nc(Cl)c(C(=O)NCc2ccc(Cl)c(Oc3cccc4ccccc34)c2F)[nH]1.O=C(O)C(F)(F)F. The first kappa shape index (κ1) is 27.8. The average Bonchev–Trinajstić information content (AvgIpc) is 3.18. The van der Waals surface area contributed by atoms with Crippen LogP contribution in [-0.4, -0.2) is 33.1 Å². The largest absolute Gasteiger partial charge is 0.490 e. The van der Waals surface area contributed by atoms with E-state index in [1.807, 2.05) is 36.4 Å². The number of imidazole rings is 1. The molecule has 0 spiro atoms. The summed E-state index contributed by atoms with van der Waals surface area (Å²) < 4.78 is 52.7. The highest BCUT2D eigenvalue weighted by Gasteiger charge is 2.38. The van der Waals surface area contributed by atoms with E-state index in [0.717, 1.165) is 10.8 Å². The Balaban J connectivity index is 0.000000479. The number of aliphatic carboxylic acids is 1. The molecule has 0 aliphatic heterocycles. The van der Waals surface area contributed by atoms with E-state index in [9.17, 15) is 18.0 Å². The van der Waals surface area contributed by atoms with Gasteiger partial charge in [0.05, 0.1) is 5.02 Å². The number of aromatic nitrogens is 2. The van der Waals surface area contributed by atoms with E-state index in [-0.39, 0.29) is 33.7 Å². The van der Waals surface area contributed by atoms with E-state index in [1.54, 1.807) is 13.0 Å². The summed E-state index contributed by atoms with van der Waals surface area (Å²) in [4.78, 5) is 27.9. The molecule has 0 fully saturated rings. The highest BCUT2D eigenvalue weighted by molar-refractivity contribution is 6.32. The minimum Gasteiger partial charge on any atom is -0.475 e. The Hall–Kier alpha value is -3.83. The van der Waals surface area contributed by atoms with E-state index in [0.29, 0.717) is 11.6 Å². The Labute approximate surface area is 217 Å². The molecule has 0 aliphatic rings. The molecule has 0 aliphatic carbocycles. The summed E-state index contributed by atoms with van der Waals surface area (Å²) in [7, 11) is 0. The third-order valence-corrected chi connectivity index (χ3v) is 5.35. The smallest absolute Gasteiger partial charge is 0.475 e. The highest BCUT2D eigenvalue weighted by atomic mass is 35.5. The Bertz CT molecular complexity index is 1450. The molecule has 1 heterocycles. The number of H-pyrrole nitrogens is 1. The van der Waals surface area contributed by atoms with Crippen LogP contribution in [0, 0.1) is 12.7 Å². The number of carboxylic acids is 1. The molecule has 1 amide bonds. The number of aromatic amines is 1. The molecule has 13 heteroatoms. The van der Waals surface area contributed by atoms with Gasteiger partial charge >= 0.3 is 12.1 Å². The van der Waals surface area contributed by atoms with E-state index >= 15 is 4.39 Å². The van der Waals surface area contributed by atoms with Crippen LogP contribution in [0.1, 0.15) is 21.9 Å². The number of halogens is 6. The van der Waals surface area contributed by atoms with Gasteiger partial charge in [0.25, 0.3) is 5.91 Å². The monoisotopic (exact) mass is 557 g/mol. The quantitative estimate of drug-likeness (QED) is 0.237. The molecule has 4 aromatic rings. The standard InChI is InChI=1S/C22H16Cl2FN3O2.C2HF3O2/c1-12-27-19(21(24)28-12)22(29)26-11-14-9-10-16(23)20(18(14)25)30-17-8-4-6-13-5-2-3-7-15(13)17;3-2(4,5)1(6)7/h2-10H,11H2,1H3,(H,26,29)(H,27,28);(H,6,7). The summed E-state index contributed by atoms with van der Waals surface area (Å²) in [5.74, 6) is -3.01. The second-order valence-electron chi connectivity index (χ2n) is 7.40. The molecule has 0 bridgehead atoms. The molecular formula is C24H17Cl2F4N3O4. The summed E-state index contributed by atoms with van der Waals surface area (Å²) in [5, 5.41) is 11.7. The first-order valence-corrected chi connectivity index (χ1v) is 11.1. The average molecular weight is 558 g/mol. The van der Waals surface area contributed by atoms with Gasteiger partial charge in [0.2, 0.25) is 0 Å². The number of carbonyl (C=O) groups excluding carboxylic acids is 1. The molecular weight excluding hydrogens is 541 g/mol. The molecule has 194 valence electrons. The Morgan fingerprint density at radius 2 is 1.73 bits per heavy atom. The lowest BCUT2D eigenvalue weighted by atomic mass is 10.1. The summed E-state index contributed by atoms with van der Waals surface area (Å²) >= 11 is 12.1. The van der Waals surface area contributed by atoms with Crippen molar-refractivity contribution < 1.29 is 37.0 Å². The maximum atomic E-state index is 15.1. The lowest BCUT2D eigenvalue weighted by Crippen LogP contribution is -2.24. The number of aryl methyl sites for hydroxylation is 1. The number of hydrogen-bond acceptors (Lipinski definition) is 4. The third-order valence-electron chi connectivity index (χ3n) is 4.78. The molecule has 0 atom stereocenters. The Morgan fingerprint density at radius 1 is 1.08 bits per heavy atom. The van der Waals surface area contributed by atoms with Gasteiger partial charge in [0.15, 0.2) is 16.7 Å². The van der Waals surface area contributed by atoms with Crippen molar-refractivity contribution in [2.45, 2.75) is 19.6 Å². The van der Waals surface area contributed by atoms with Gasteiger partial charge in [-0.25, -0.2) is 14.2 Å². The van der Waals surface area contributed by atoms with Crippen LogP contribution in [0.3, 0.4) is 0 Å². The van der Waals surface area contributed by atoms with Crippen LogP contribution < -0.4 is 10.1 Å². The second-order valence-corrected chi connectivity index (χ2v) is 8.17. The van der Waals surface area contributed by atoms with Crippen molar-refractivity contribution in [3.63, 3.8) is 0 Å². The topological polar surface area (TPSA) is 104 Å². The molecule has 0 radical (unpaired) electrons. The van der Waals surface area contributed by atoms with Crippen molar-refractivity contribution >= 4 is 45.9 Å². The first-order chi connectivity index (χ1) is 17.4. The normalized spacial score (nSPS) is 11.0. The minimum atomic E-state index is -5.08. The van der Waals surface area contributed by atoms with Crippen LogP contribution in [0.15, 0.2) is 54.6 Å². The maximum Gasteiger partial charge on any atom is 0.490 e. The van der Waals surface area contributed by atoms with Gasteiger partial charge in [-0.2, -0.15) is 13.2 Å². The number of carboxylic acid groups (broad SMARTS) is 1.